The van der Waals surface area contributed by atoms with Gasteiger partial charge in [0.1, 0.15) is 11.6 Å². The third kappa shape index (κ3) is 2.15. The molecule has 6 heteroatoms. The molecular weight excluding hydrogens is 218 g/mol. The summed E-state index contributed by atoms with van der Waals surface area (Å²) in [5, 5.41) is 2.70. The minimum Gasteiger partial charge on any atom is -0.382 e. The quantitative estimate of drug-likeness (QED) is 0.755. The predicted molar refractivity (Wildman–Crippen MR) is 65.4 cm³/mol. The molecular formula is C11H17N5O. The molecule has 1 fully saturated rings. The van der Waals surface area contributed by atoms with E-state index in [0.717, 1.165) is 18.8 Å². The SMILES string of the molecule is CNC(=O)C1(C)CCN(c2cncc(N)n2)C1. The van der Waals surface area contributed by atoms with Crippen LogP contribution >= 0.6 is 0 Å². The molecule has 1 aromatic heterocycles. The number of amides is 1. The molecule has 3 N–H and O–H groups in total. The summed E-state index contributed by atoms with van der Waals surface area (Å²) >= 11 is 0. The number of nitrogens with two attached hydrogens (primary N) is 1. The van der Waals surface area contributed by atoms with Gasteiger partial charge in [-0.2, -0.15) is 0 Å². The van der Waals surface area contributed by atoms with Crippen molar-refractivity contribution in [1.82, 2.24) is 15.3 Å². The summed E-state index contributed by atoms with van der Waals surface area (Å²) < 4.78 is 0. The fraction of sp³-hybridized carbons (Fsp3) is 0.545. The van der Waals surface area contributed by atoms with E-state index in [2.05, 4.69) is 15.3 Å². The second-order valence-electron chi connectivity index (χ2n) is 4.61. The van der Waals surface area contributed by atoms with Crippen LogP contribution in [0.1, 0.15) is 13.3 Å². The molecule has 1 aromatic rings. The Kier molecular flexibility index (Phi) is 2.87. The molecule has 2 rings (SSSR count). The molecule has 0 aliphatic carbocycles. The van der Waals surface area contributed by atoms with Crippen molar-refractivity contribution in [3.8, 4) is 0 Å². The van der Waals surface area contributed by atoms with E-state index in [4.69, 9.17) is 5.73 Å². The lowest BCUT2D eigenvalue weighted by molar-refractivity contribution is -0.128. The zero-order valence-corrected chi connectivity index (χ0v) is 10.1. The second-order valence-corrected chi connectivity index (χ2v) is 4.61. The summed E-state index contributed by atoms with van der Waals surface area (Å²) in [7, 11) is 1.66. The maximum absolute atomic E-state index is 11.8. The highest BCUT2D eigenvalue weighted by atomic mass is 16.2. The van der Waals surface area contributed by atoms with Crippen LogP contribution in [0, 0.1) is 5.41 Å². The van der Waals surface area contributed by atoms with Gasteiger partial charge in [0.15, 0.2) is 0 Å². The van der Waals surface area contributed by atoms with Gasteiger partial charge in [-0.05, 0) is 13.3 Å². The van der Waals surface area contributed by atoms with Crippen molar-refractivity contribution in [2.75, 3.05) is 30.8 Å². The van der Waals surface area contributed by atoms with Crippen LogP contribution in [0.4, 0.5) is 11.6 Å². The number of aromatic nitrogens is 2. The predicted octanol–water partition coefficient (Wildman–Crippen LogP) is 0.0212. The van der Waals surface area contributed by atoms with Crippen molar-refractivity contribution in [2.45, 2.75) is 13.3 Å². The first-order valence-electron chi connectivity index (χ1n) is 5.60. The van der Waals surface area contributed by atoms with Gasteiger partial charge in [0.05, 0.1) is 17.8 Å². The van der Waals surface area contributed by atoms with E-state index in [1.807, 2.05) is 11.8 Å². The lowest BCUT2D eigenvalue weighted by atomic mass is 9.89. The van der Waals surface area contributed by atoms with E-state index in [9.17, 15) is 4.79 Å². The molecule has 92 valence electrons. The first kappa shape index (κ1) is 11.6. The topological polar surface area (TPSA) is 84.1 Å². The van der Waals surface area contributed by atoms with Crippen LogP contribution in [-0.4, -0.2) is 36.0 Å². The Morgan fingerprint density at radius 2 is 2.35 bits per heavy atom. The molecule has 0 bridgehead atoms. The minimum atomic E-state index is -0.360. The number of hydrogen-bond acceptors (Lipinski definition) is 5. The summed E-state index contributed by atoms with van der Waals surface area (Å²) in [6.07, 6.45) is 3.99. The first-order valence-corrected chi connectivity index (χ1v) is 5.60. The van der Waals surface area contributed by atoms with Gasteiger partial charge in [-0.1, -0.05) is 0 Å². The number of nitrogen functional groups attached to an aromatic ring is 1. The van der Waals surface area contributed by atoms with Crippen molar-refractivity contribution in [1.29, 1.82) is 0 Å². The molecule has 1 saturated heterocycles. The monoisotopic (exact) mass is 235 g/mol. The maximum Gasteiger partial charge on any atom is 0.227 e. The van der Waals surface area contributed by atoms with Gasteiger partial charge in [0.25, 0.3) is 0 Å². The van der Waals surface area contributed by atoms with Crippen LogP contribution in [-0.2, 0) is 4.79 Å². The van der Waals surface area contributed by atoms with Crippen molar-refractivity contribution < 1.29 is 4.79 Å². The molecule has 0 aromatic carbocycles. The Labute approximate surface area is 100 Å². The number of anilines is 2. The number of hydrogen-bond donors (Lipinski definition) is 2. The molecule has 1 amide bonds. The Hall–Kier alpha value is -1.85. The van der Waals surface area contributed by atoms with Crippen LogP contribution in [0.3, 0.4) is 0 Å². The van der Waals surface area contributed by atoms with Crippen LogP contribution in [0.25, 0.3) is 0 Å². The minimum absolute atomic E-state index is 0.0665. The van der Waals surface area contributed by atoms with Gasteiger partial charge < -0.3 is 16.0 Å². The van der Waals surface area contributed by atoms with Gasteiger partial charge in [-0.3, -0.25) is 9.78 Å². The van der Waals surface area contributed by atoms with Crippen molar-refractivity contribution in [3.05, 3.63) is 12.4 Å². The highest BCUT2D eigenvalue weighted by molar-refractivity contribution is 5.83. The molecule has 1 atom stereocenters. The summed E-state index contributed by atoms with van der Waals surface area (Å²) in [4.78, 5) is 22.0. The highest BCUT2D eigenvalue weighted by Crippen LogP contribution is 2.32. The molecule has 1 unspecified atom stereocenters. The number of rotatable bonds is 2. The van der Waals surface area contributed by atoms with E-state index in [1.165, 1.54) is 6.20 Å². The maximum atomic E-state index is 11.8. The van der Waals surface area contributed by atoms with Gasteiger partial charge in [-0.25, -0.2) is 4.98 Å². The largest absolute Gasteiger partial charge is 0.382 e. The average molecular weight is 235 g/mol. The Bertz CT molecular complexity index is 436. The van der Waals surface area contributed by atoms with Gasteiger partial charge in [0, 0.05) is 20.1 Å². The number of nitrogens with zero attached hydrogens (tertiary/aromatic N) is 3. The summed E-state index contributed by atoms with van der Waals surface area (Å²) in [5.41, 5.74) is 5.24. The molecule has 0 radical (unpaired) electrons. The van der Waals surface area contributed by atoms with Crippen LogP contribution < -0.4 is 16.0 Å². The van der Waals surface area contributed by atoms with Gasteiger partial charge >= 0.3 is 0 Å². The van der Waals surface area contributed by atoms with Crippen molar-refractivity contribution in [3.63, 3.8) is 0 Å². The first-order chi connectivity index (χ1) is 8.05. The smallest absolute Gasteiger partial charge is 0.227 e. The third-order valence-corrected chi connectivity index (χ3v) is 3.21. The van der Waals surface area contributed by atoms with E-state index in [-0.39, 0.29) is 11.3 Å². The van der Waals surface area contributed by atoms with Crippen LogP contribution in [0.15, 0.2) is 12.4 Å². The van der Waals surface area contributed by atoms with Crippen molar-refractivity contribution in [2.24, 2.45) is 5.41 Å². The van der Waals surface area contributed by atoms with Crippen LogP contribution in [0.5, 0.6) is 0 Å². The molecule has 1 aliphatic heterocycles. The Balaban J connectivity index is 2.15. The normalized spacial score (nSPS) is 23.8. The molecule has 0 spiro atoms. The third-order valence-electron chi connectivity index (χ3n) is 3.21. The zero-order valence-electron chi connectivity index (χ0n) is 10.1. The lowest BCUT2D eigenvalue weighted by Gasteiger charge is -2.23. The fourth-order valence-electron chi connectivity index (χ4n) is 2.17. The standard InChI is InChI=1S/C11H17N5O/c1-11(10(17)13-2)3-4-16(7-11)9-6-14-5-8(12)15-9/h5-6H,3-4,7H2,1-2H3,(H2,12,15)(H,13,17). The Morgan fingerprint density at radius 1 is 1.59 bits per heavy atom. The number of nitrogens with one attached hydrogen (secondary N) is 1. The van der Waals surface area contributed by atoms with E-state index < -0.39 is 0 Å². The summed E-state index contributed by atoms with van der Waals surface area (Å²) in [6, 6.07) is 0. The highest BCUT2D eigenvalue weighted by Gasteiger charge is 2.40. The van der Waals surface area contributed by atoms with Crippen LogP contribution in [0.2, 0.25) is 0 Å². The Morgan fingerprint density at radius 3 is 3.00 bits per heavy atom. The summed E-state index contributed by atoms with van der Waals surface area (Å²) in [6.45, 7) is 3.40. The molecule has 17 heavy (non-hydrogen) atoms. The average Bonchev–Trinajstić information content (AvgIpc) is 2.72. The van der Waals surface area contributed by atoms with E-state index >= 15 is 0 Å². The summed E-state index contributed by atoms with van der Waals surface area (Å²) in [5.74, 6) is 1.20. The van der Waals surface area contributed by atoms with E-state index in [1.54, 1.807) is 13.2 Å². The van der Waals surface area contributed by atoms with Crippen molar-refractivity contribution >= 4 is 17.5 Å². The molecule has 0 saturated carbocycles. The van der Waals surface area contributed by atoms with E-state index in [0.29, 0.717) is 12.4 Å². The fourth-order valence-corrected chi connectivity index (χ4v) is 2.17. The van der Waals surface area contributed by atoms with Gasteiger partial charge in [0.2, 0.25) is 5.91 Å². The molecule has 6 nitrogen and oxygen atoms in total. The number of carbonyl (C=O) groups is 1. The molecule has 2 heterocycles. The zero-order chi connectivity index (χ0) is 12.5. The number of carbonyl (C=O) groups excluding carboxylic acids is 1. The van der Waals surface area contributed by atoms with Gasteiger partial charge in [-0.15, -0.1) is 0 Å². The second kappa shape index (κ2) is 4.20. The molecule has 1 aliphatic rings. The lowest BCUT2D eigenvalue weighted by Crippen LogP contribution is -2.39.